The van der Waals surface area contributed by atoms with Crippen molar-refractivity contribution in [3.05, 3.63) is 34.7 Å². The Bertz CT molecular complexity index is 784. The largest absolute Gasteiger partial charge is 0.748 e. The number of carbonyl (C=O) groups is 1. The van der Waals surface area contributed by atoms with Gasteiger partial charge in [0.2, 0.25) is 0 Å². The van der Waals surface area contributed by atoms with Crippen LogP contribution in [0.1, 0.15) is 19.4 Å². The van der Waals surface area contributed by atoms with Crippen LogP contribution < -0.4 is 4.90 Å². The molecule has 0 N–H and O–H groups in total. The second-order valence-electron chi connectivity index (χ2n) is 5.36. The number of nitrogens with zero attached hydrogens (tertiary/aromatic N) is 2. The van der Waals surface area contributed by atoms with Crippen molar-refractivity contribution in [2.75, 3.05) is 30.3 Å². The molecular weight excluding hydrogens is 380 g/mol. The lowest BCUT2D eigenvalue weighted by Gasteiger charge is -2.20. The molecule has 0 aliphatic carbocycles. The molecule has 1 heterocycles. The van der Waals surface area contributed by atoms with E-state index in [9.17, 15) is 17.8 Å². The molecule has 136 valence electrons. The molecule has 1 aromatic rings. The molecule has 1 saturated heterocycles. The maximum Gasteiger partial charge on any atom is 0.266 e. The van der Waals surface area contributed by atoms with Gasteiger partial charge in [-0.15, -0.1) is 0 Å². The molecular formula is C16H19N2O4S3-. The molecule has 2 rings (SSSR count). The molecule has 9 heteroatoms. The van der Waals surface area contributed by atoms with Gasteiger partial charge in [-0.05, 0) is 37.6 Å². The third kappa shape index (κ3) is 5.27. The van der Waals surface area contributed by atoms with Gasteiger partial charge in [0.1, 0.15) is 4.32 Å². The van der Waals surface area contributed by atoms with Crippen LogP contribution in [-0.2, 0) is 14.9 Å². The predicted molar refractivity (Wildman–Crippen MR) is 104 cm³/mol. The Morgan fingerprint density at radius 2 is 1.84 bits per heavy atom. The molecule has 0 radical (unpaired) electrons. The molecule has 1 fully saturated rings. The first-order valence-electron chi connectivity index (χ1n) is 7.79. The van der Waals surface area contributed by atoms with Crippen LogP contribution in [0.25, 0.3) is 6.08 Å². The van der Waals surface area contributed by atoms with Crippen LogP contribution in [0.4, 0.5) is 5.69 Å². The summed E-state index contributed by atoms with van der Waals surface area (Å²) in [6, 6.07) is 7.82. The minimum atomic E-state index is -4.39. The highest BCUT2D eigenvalue weighted by molar-refractivity contribution is 8.26. The van der Waals surface area contributed by atoms with Gasteiger partial charge in [0.05, 0.1) is 20.8 Å². The molecule has 0 saturated carbocycles. The lowest BCUT2D eigenvalue weighted by atomic mass is 10.1. The fourth-order valence-electron chi connectivity index (χ4n) is 2.42. The quantitative estimate of drug-likeness (QED) is 0.395. The van der Waals surface area contributed by atoms with Crippen LogP contribution in [0.3, 0.4) is 0 Å². The zero-order valence-electron chi connectivity index (χ0n) is 14.0. The van der Waals surface area contributed by atoms with Crippen molar-refractivity contribution in [1.82, 2.24) is 4.90 Å². The Morgan fingerprint density at radius 3 is 2.36 bits per heavy atom. The molecule has 1 aliphatic heterocycles. The van der Waals surface area contributed by atoms with E-state index in [2.05, 4.69) is 18.7 Å². The highest BCUT2D eigenvalue weighted by Gasteiger charge is 2.31. The second kappa shape index (κ2) is 8.31. The van der Waals surface area contributed by atoms with E-state index < -0.39 is 15.9 Å². The van der Waals surface area contributed by atoms with Gasteiger partial charge in [0, 0.05) is 25.3 Å². The van der Waals surface area contributed by atoms with Crippen molar-refractivity contribution in [1.29, 1.82) is 0 Å². The van der Waals surface area contributed by atoms with Crippen LogP contribution in [0.15, 0.2) is 29.2 Å². The van der Waals surface area contributed by atoms with Crippen LogP contribution >= 0.6 is 24.0 Å². The zero-order valence-corrected chi connectivity index (χ0v) is 16.4. The first-order valence-corrected chi connectivity index (χ1v) is 10.6. The van der Waals surface area contributed by atoms with Gasteiger partial charge in [-0.2, -0.15) is 0 Å². The molecule has 25 heavy (non-hydrogen) atoms. The number of rotatable bonds is 7. The standard InChI is InChI=1S/C16H20N2O4S3/c1-3-17(4-2)13-7-5-12(6-8-13)11-14-15(19)18(16(23)24-14)9-10-25(20,21)22/h5-8,11H,3-4,9-10H2,1-2H3,(H,20,21,22)/p-1/b14-11-. The normalized spacial score (nSPS) is 16.8. The third-order valence-corrected chi connectivity index (χ3v) is 5.82. The maximum absolute atomic E-state index is 12.3. The van der Waals surface area contributed by atoms with Crippen molar-refractivity contribution < 1.29 is 17.8 Å². The number of hydrogen-bond acceptors (Lipinski definition) is 7. The van der Waals surface area contributed by atoms with E-state index in [1.54, 1.807) is 6.08 Å². The van der Waals surface area contributed by atoms with E-state index in [0.29, 0.717) is 4.91 Å². The second-order valence-corrected chi connectivity index (χ2v) is 8.56. The number of hydrogen-bond donors (Lipinski definition) is 0. The van der Waals surface area contributed by atoms with Crippen molar-refractivity contribution in [3.63, 3.8) is 0 Å². The maximum atomic E-state index is 12.3. The first-order chi connectivity index (χ1) is 11.7. The minimum absolute atomic E-state index is 0.214. The number of thioether (sulfide) groups is 1. The molecule has 0 atom stereocenters. The Balaban J connectivity index is 2.13. The number of anilines is 1. The van der Waals surface area contributed by atoms with Gasteiger partial charge < -0.3 is 9.45 Å². The molecule has 0 aromatic heterocycles. The van der Waals surface area contributed by atoms with Gasteiger partial charge in [0.15, 0.2) is 0 Å². The monoisotopic (exact) mass is 399 g/mol. The molecule has 0 bridgehead atoms. The van der Waals surface area contributed by atoms with Crippen LogP contribution in [0, 0.1) is 0 Å². The Kier molecular flexibility index (Phi) is 6.61. The summed E-state index contributed by atoms with van der Waals surface area (Å²) in [5, 5.41) is 0. The summed E-state index contributed by atoms with van der Waals surface area (Å²) in [6.07, 6.45) is 1.72. The summed E-state index contributed by atoms with van der Waals surface area (Å²) in [6.45, 7) is 5.79. The van der Waals surface area contributed by atoms with E-state index in [1.807, 2.05) is 24.3 Å². The number of thiocarbonyl (C=S) groups is 1. The SMILES string of the molecule is CCN(CC)c1ccc(/C=C2\SC(=S)N(CCS(=O)(=O)[O-])C2=O)cc1. The summed E-state index contributed by atoms with van der Waals surface area (Å²) in [5.74, 6) is -1.02. The smallest absolute Gasteiger partial charge is 0.266 e. The van der Waals surface area contributed by atoms with Crippen LogP contribution in [0.5, 0.6) is 0 Å². The Labute approximate surface area is 157 Å². The summed E-state index contributed by atoms with van der Waals surface area (Å²) in [5.41, 5.74) is 1.96. The molecule has 0 spiro atoms. The number of carbonyl (C=O) groups excluding carboxylic acids is 1. The molecule has 1 aliphatic rings. The van der Waals surface area contributed by atoms with E-state index in [1.165, 1.54) is 0 Å². The van der Waals surface area contributed by atoms with Gasteiger partial charge in [-0.3, -0.25) is 9.69 Å². The fraction of sp³-hybridized carbons (Fsp3) is 0.375. The molecule has 1 aromatic carbocycles. The van der Waals surface area contributed by atoms with Crippen molar-refractivity contribution in [2.24, 2.45) is 0 Å². The van der Waals surface area contributed by atoms with Crippen LogP contribution in [-0.4, -0.2) is 53.5 Å². The zero-order chi connectivity index (χ0) is 18.6. The van der Waals surface area contributed by atoms with Gasteiger partial charge >= 0.3 is 0 Å². The number of benzene rings is 1. The van der Waals surface area contributed by atoms with E-state index in [-0.39, 0.29) is 16.8 Å². The van der Waals surface area contributed by atoms with Gasteiger partial charge in [-0.25, -0.2) is 8.42 Å². The van der Waals surface area contributed by atoms with Gasteiger partial charge in [-0.1, -0.05) is 36.1 Å². The first kappa shape index (κ1) is 19.9. The lowest BCUT2D eigenvalue weighted by molar-refractivity contribution is -0.121. The Morgan fingerprint density at radius 1 is 1.24 bits per heavy atom. The summed E-state index contributed by atoms with van der Waals surface area (Å²) in [7, 11) is -4.39. The Hall–Kier alpha value is -1.42. The highest BCUT2D eigenvalue weighted by Crippen LogP contribution is 2.32. The highest BCUT2D eigenvalue weighted by atomic mass is 32.2. The molecule has 0 unspecified atom stereocenters. The van der Waals surface area contributed by atoms with E-state index in [0.717, 1.165) is 41.0 Å². The summed E-state index contributed by atoms with van der Waals surface area (Å²) >= 11 is 6.22. The van der Waals surface area contributed by atoms with Gasteiger partial charge in [0.25, 0.3) is 5.91 Å². The average molecular weight is 400 g/mol. The van der Waals surface area contributed by atoms with E-state index in [4.69, 9.17) is 12.2 Å². The third-order valence-electron chi connectivity index (χ3n) is 3.76. The van der Waals surface area contributed by atoms with E-state index >= 15 is 0 Å². The molecule has 1 amide bonds. The van der Waals surface area contributed by atoms with Crippen LogP contribution in [0.2, 0.25) is 0 Å². The fourth-order valence-corrected chi connectivity index (χ4v) is 4.13. The minimum Gasteiger partial charge on any atom is -0.748 e. The summed E-state index contributed by atoms with van der Waals surface area (Å²) in [4.78, 5) is 16.1. The molecule has 6 nitrogen and oxygen atoms in total. The van der Waals surface area contributed by atoms with Crippen molar-refractivity contribution in [3.8, 4) is 0 Å². The lowest BCUT2D eigenvalue weighted by Crippen LogP contribution is -2.32. The average Bonchev–Trinajstić information content (AvgIpc) is 2.81. The number of amides is 1. The topological polar surface area (TPSA) is 80.8 Å². The predicted octanol–water partition coefficient (Wildman–Crippen LogP) is 2.28. The van der Waals surface area contributed by atoms with Crippen molar-refractivity contribution in [2.45, 2.75) is 13.8 Å². The summed E-state index contributed by atoms with van der Waals surface area (Å²) < 4.78 is 32.5. The van der Waals surface area contributed by atoms with Crippen molar-refractivity contribution >= 4 is 56.1 Å².